The molecule has 2 N–H and O–H groups in total. The van der Waals surface area contributed by atoms with Gasteiger partial charge in [0.15, 0.2) is 0 Å². The van der Waals surface area contributed by atoms with Gasteiger partial charge >= 0.3 is 124 Å². The average molecular weight is 494 g/mol. The average Bonchev–Trinajstić information content (AvgIpc) is 2.32. The summed E-state index contributed by atoms with van der Waals surface area (Å²) in [5, 5.41) is 9.03. The van der Waals surface area contributed by atoms with Gasteiger partial charge in [0.25, 0.3) is 0 Å². The van der Waals surface area contributed by atoms with Gasteiger partial charge in [0.2, 0.25) is 0 Å². The number of anilines is 1. The molecule has 1 unspecified atom stereocenters. The molecule has 0 aromatic heterocycles. The standard InChI is InChI=1S/C10H11BrFN2O2.Tl/c1-14(10(16)8(13)5-15)9-4-6(11)2-3-7(9)12;/h2-4,8,13,15H,5H2,1H3;/q-1;+1. The molecule has 7 heteroatoms. The molecule has 0 aliphatic heterocycles. The predicted octanol–water partition coefficient (Wildman–Crippen LogP) is 0.585. The molecule has 0 bridgehead atoms. The van der Waals surface area contributed by atoms with E-state index in [9.17, 15) is 9.18 Å². The fourth-order valence-corrected chi connectivity index (χ4v) is 2.61. The summed E-state index contributed by atoms with van der Waals surface area (Å²) in [6.07, 6.45) is 0. The second-order valence-corrected chi connectivity index (χ2v) is 5.61. The molecule has 0 aliphatic carbocycles. The van der Waals surface area contributed by atoms with E-state index in [0.29, 0.717) is 30.5 Å². The maximum absolute atomic E-state index is 13.6. The van der Waals surface area contributed by atoms with Gasteiger partial charge in [0, 0.05) is 0 Å². The zero-order valence-electron chi connectivity index (χ0n) is 9.15. The maximum atomic E-state index is 13.6. The first-order valence-electron chi connectivity index (χ1n) is 4.81. The fourth-order valence-electron chi connectivity index (χ4n) is 1.30. The number of likely N-dealkylation sites (N-methyl/N-ethyl adjacent to an activating group) is 1. The number of nitrogens with zero attached hydrogens (tertiary/aromatic N) is 1. The van der Waals surface area contributed by atoms with Crippen LogP contribution < -0.4 is 8.03 Å². The van der Waals surface area contributed by atoms with Gasteiger partial charge in [-0.1, -0.05) is 0 Å². The zero-order valence-corrected chi connectivity index (χ0v) is 15.2. The molecule has 0 radical (unpaired) electrons. The molecule has 1 rings (SSSR count). The van der Waals surface area contributed by atoms with Gasteiger partial charge in [-0.3, -0.25) is 0 Å². The Hall–Kier alpha value is -0.0579. The summed E-state index contributed by atoms with van der Waals surface area (Å²) < 4.78 is 17.1. The van der Waals surface area contributed by atoms with Crippen molar-refractivity contribution in [3.05, 3.63) is 28.5 Å². The normalized spacial score (nSPS) is 12.2. The van der Waals surface area contributed by atoms with Crippen LogP contribution in [0.3, 0.4) is 0 Å². The summed E-state index contributed by atoms with van der Waals surface area (Å²) in [4.78, 5) is 13.1. The molecule has 1 atom stereocenters. The van der Waals surface area contributed by atoms with Crippen LogP contribution in [0.25, 0.3) is 0 Å². The number of benzene rings is 1. The molecule has 0 heterocycles. The van der Waals surface area contributed by atoms with Gasteiger partial charge in [0.05, 0.1) is 0 Å². The minimum absolute atomic E-state index is 0.183. The van der Waals surface area contributed by atoms with Gasteiger partial charge in [0.1, 0.15) is 0 Å². The van der Waals surface area contributed by atoms with Gasteiger partial charge < -0.3 is 0 Å². The minimum atomic E-state index is -0.664. The molecular weight excluding hydrogens is 483 g/mol. The molecule has 17 heavy (non-hydrogen) atoms. The third-order valence-electron chi connectivity index (χ3n) is 2.28. The van der Waals surface area contributed by atoms with Crippen molar-refractivity contribution in [2.45, 2.75) is 6.04 Å². The van der Waals surface area contributed by atoms with Crippen molar-refractivity contribution in [1.82, 2.24) is 3.13 Å². The second kappa shape index (κ2) is 6.76. The molecule has 1 aromatic carbocycles. The van der Waals surface area contributed by atoms with Crippen LogP contribution in [0, 0.1) is 5.82 Å². The zero-order chi connectivity index (χ0) is 13.0. The summed E-state index contributed by atoms with van der Waals surface area (Å²) in [6, 6.07) is 3.71. The van der Waals surface area contributed by atoms with Crippen LogP contribution in [0.5, 0.6) is 0 Å². The number of rotatable bonds is 4. The Morgan fingerprint density at radius 3 is 2.88 bits per heavy atom. The molecule has 0 saturated carbocycles. The topological polar surface area (TPSA) is 52.6 Å². The van der Waals surface area contributed by atoms with Crippen LogP contribution >= 0.6 is 15.9 Å². The van der Waals surface area contributed by atoms with E-state index in [-0.39, 0.29) is 18.2 Å². The molecule has 1 aromatic rings. The molecule has 1 amide bonds. The molecular formula is C10H11BrFN2O2Tl. The third kappa shape index (κ3) is 3.70. The summed E-state index contributed by atoms with van der Waals surface area (Å²) in [5.74, 6) is -0.830. The number of hydrogen-bond donors (Lipinski definition) is 2. The monoisotopic (exact) mass is 494 g/mol. The number of aliphatic hydroxyl groups is 1. The van der Waals surface area contributed by atoms with Crippen molar-refractivity contribution in [2.75, 3.05) is 18.6 Å². The third-order valence-corrected chi connectivity index (χ3v) is 4.34. The van der Waals surface area contributed by atoms with Crippen LogP contribution in [0.2, 0.25) is 0 Å². The Morgan fingerprint density at radius 2 is 2.35 bits per heavy atom. The number of carbonyl (C=O) groups is 1. The number of carbonyl (C=O) groups excluding carboxylic acids is 1. The van der Waals surface area contributed by atoms with Crippen molar-refractivity contribution in [3.8, 4) is 0 Å². The van der Waals surface area contributed by atoms with Crippen LogP contribution in [-0.2, 0) is 4.79 Å². The first-order chi connectivity index (χ1) is 8.01. The molecule has 0 aliphatic rings. The predicted molar refractivity (Wildman–Crippen MR) is 67.3 cm³/mol. The number of nitrogens with one attached hydrogen (secondary N) is 1. The Morgan fingerprint density at radius 1 is 1.71 bits per heavy atom. The molecule has 0 fully saturated rings. The van der Waals surface area contributed by atoms with Crippen LogP contribution in [0.15, 0.2) is 22.7 Å². The number of aliphatic hydroxyl groups excluding tert-OH is 1. The van der Waals surface area contributed by atoms with E-state index in [2.05, 4.69) is 19.1 Å². The quantitative estimate of drug-likeness (QED) is 0.603. The van der Waals surface area contributed by atoms with Gasteiger partial charge in [-0.15, -0.1) is 0 Å². The van der Waals surface area contributed by atoms with E-state index in [0.717, 1.165) is 0 Å². The van der Waals surface area contributed by atoms with E-state index in [1.165, 1.54) is 24.1 Å². The van der Waals surface area contributed by atoms with Gasteiger partial charge in [-0.25, -0.2) is 0 Å². The van der Waals surface area contributed by atoms with Crippen LogP contribution in [-0.4, -0.2) is 56.8 Å². The SMILES string of the molecule is CN(C(=O)C(CO)[NH][Tl])c1cc(Br)ccc1F. The van der Waals surface area contributed by atoms with E-state index in [1.54, 1.807) is 6.07 Å². The summed E-state index contributed by atoms with van der Waals surface area (Å²) in [5.41, 5.74) is 0.183. The first-order valence-corrected chi connectivity index (χ1v) is 7.84. The molecule has 90 valence electrons. The summed E-state index contributed by atoms with van der Waals surface area (Å²) in [6.45, 7) is -0.296. The first kappa shape index (κ1) is 15.0. The number of amides is 1. The summed E-state index contributed by atoms with van der Waals surface area (Å²) in [7, 11) is 1.48. The van der Waals surface area contributed by atoms with E-state index >= 15 is 0 Å². The fraction of sp³-hybridized carbons (Fsp3) is 0.300. The molecule has 4 nitrogen and oxygen atoms in total. The van der Waals surface area contributed by atoms with E-state index in [4.69, 9.17) is 5.11 Å². The van der Waals surface area contributed by atoms with Crippen molar-refractivity contribution >= 4 is 53.6 Å². The van der Waals surface area contributed by atoms with Crippen LogP contribution in [0.1, 0.15) is 0 Å². The Labute approximate surface area is 123 Å². The van der Waals surface area contributed by atoms with Crippen LogP contribution in [0.4, 0.5) is 10.1 Å². The molecule has 0 saturated heterocycles. The van der Waals surface area contributed by atoms with Crippen molar-refractivity contribution < 1.29 is 14.3 Å². The van der Waals surface area contributed by atoms with Gasteiger partial charge in [-0.05, 0) is 0 Å². The molecule has 0 spiro atoms. The van der Waals surface area contributed by atoms with Crippen molar-refractivity contribution in [3.63, 3.8) is 0 Å². The van der Waals surface area contributed by atoms with Crippen molar-refractivity contribution in [1.29, 1.82) is 0 Å². The van der Waals surface area contributed by atoms with E-state index < -0.39 is 11.9 Å². The Kier molecular flexibility index (Phi) is 5.97. The van der Waals surface area contributed by atoms with E-state index in [1.807, 2.05) is 0 Å². The number of hydrogen-bond acceptors (Lipinski definition) is 3. The van der Waals surface area contributed by atoms with Gasteiger partial charge in [-0.2, -0.15) is 0 Å². The van der Waals surface area contributed by atoms with Crippen molar-refractivity contribution in [2.24, 2.45) is 0 Å². The second-order valence-electron chi connectivity index (χ2n) is 3.39. The number of halogens is 2. The Balaban J connectivity index is 2.99. The summed E-state index contributed by atoms with van der Waals surface area (Å²) >= 11 is 3.60. The Bertz CT molecular complexity index is 415.